The van der Waals surface area contributed by atoms with E-state index in [4.69, 9.17) is 9.47 Å². The van der Waals surface area contributed by atoms with Crippen molar-refractivity contribution in [2.75, 3.05) is 37.1 Å². The Kier molecular flexibility index (Phi) is 6.81. The first-order valence-electron chi connectivity index (χ1n) is 10.5. The third-order valence-electron chi connectivity index (χ3n) is 5.68. The van der Waals surface area contributed by atoms with Crippen LogP contribution < -0.4 is 10.6 Å². The summed E-state index contributed by atoms with van der Waals surface area (Å²) in [7, 11) is 0. The Morgan fingerprint density at radius 3 is 2.29 bits per heavy atom. The number of aliphatic hydroxyl groups excluding tert-OH is 1. The zero-order valence-corrected chi connectivity index (χ0v) is 17.2. The maximum absolute atomic E-state index is 12.6. The predicted octanol–water partition coefficient (Wildman–Crippen LogP) is 2.77. The van der Waals surface area contributed by atoms with Gasteiger partial charge in [0.05, 0.1) is 12.6 Å². The molecule has 2 aliphatic heterocycles. The molecule has 3 N–H and O–H groups in total. The van der Waals surface area contributed by atoms with Gasteiger partial charge in [-0.15, -0.1) is 0 Å². The smallest absolute Gasteiger partial charge is 0.323 e. The highest BCUT2D eigenvalue weighted by atomic mass is 16.5. The van der Waals surface area contributed by atoms with Crippen LogP contribution in [0.1, 0.15) is 24.5 Å². The van der Waals surface area contributed by atoms with E-state index < -0.39 is 12.1 Å². The molecule has 31 heavy (non-hydrogen) atoms. The number of hydrogen-bond acceptors (Lipinski definition) is 5. The van der Waals surface area contributed by atoms with Crippen LogP contribution in [0.4, 0.5) is 16.2 Å². The molecule has 2 unspecified atom stereocenters. The molecule has 4 rings (SSSR count). The number of carbonyl (C=O) groups excluding carboxylic acids is 2. The minimum atomic E-state index is -0.454. The van der Waals surface area contributed by atoms with Gasteiger partial charge < -0.3 is 30.1 Å². The summed E-state index contributed by atoms with van der Waals surface area (Å²) in [5, 5.41) is 15.6. The van der Waals surface area contributed by atoms with Crippen LogP contribution in [-0.2, 0) is 14.3 Å². The Labute approximate surface area is 181 Å². The number of ether oxygens (including phenoxy) is 2. The molecule has 2 heterocycles. The van der Waals surface area contributed by atoms with Gasteiger partial charge in [0.1, 0.15) is 12.7 Å². The van der Waals surface area contributed by atoms with Crippen molar-refractivity contribution in [1.29, 1.82) is 0 Å². The highest BCUT2D eigenvalue weighted by Gasteiger charge is 2.41. The van der Waals surface area contributed by atoms with Gasteiger partial charge in [-0.25, -0.2) is 4.79 Å². The van der Waals surface area contributed by atoms with Crippen LogP contribution >= 0.6 is 0 Å². The van der Waals surface area contributed by atoms with E-state index in [1.807, 2.05) is 42.5 Å². The standard InChI is InChI=1S/C23H27N3O5/c27-14-20-22(31-15-21(28)26(20)19-10-12-30-13-11-19)16-6-8-18(9-7-16)25-23(29)24-17-4-2-1-3-5-17/h1-9,19-20,22,27H,10-15H2,(H2,24,25,29). The molecule has 2 aromatic carbocycles. The van der Waals surface area contributed by atoms with Crippen LogP contribution in [0.2, 0.25) is 0 Å². The van der Waals surface area contributed by atoms with E-state index in [0.29, 0.717) is 24.6 Å². The first kappa shape index (κ1) is 21.3. The molecule has 0 aromatic heterocycles. The molecule has 8 nitrogen and oxygen atoms in total. The number of hydrogen-bond donors (Lipinski definition) is 3. The molecule has 164 valence electrons. The number of morpholine rings is 1. The fourth-order valence-electron chi connectivity index (χ4n) is 4.19. The van der Waals surface area contributed by atoms with Crippen molar-refractivity contribution in [2.45, 2.75) is 31.0 Å². The van der Waals surface area contributed by atoms with Crippen molar-refractivity contribution in [2.24, 2.45) is 0 Å². The molecule has 0 spiro atoms. The van der Waals surface area contributed by atoms with E-state index in [-0.39, 0.29) is 31.2 Å². The normalized spacial score (nSPS) is 22.2. The summed E-state index contributed by atoms with van der Waals surface area (Å²) in [6.45, 7) is 1.03. The lowest BCUT2D eigenvalue weighted by Crippen LogP contribution is -2.57. The summed E-state index contributed by atoms with van der Waals surface area (Å²) in [5.74, 6) is -0.0990. The summed E-state index contributed by atoms with van der Waals surface area (Å²) in [5.41, 5.74) is 2.18. The summed E-state index contributed by atoms with van der Waals surface area (Å²) < 4.78 is 11.2. The van der Waals surface area contributed by atoms with Gasteiger partial charge >= 0.3 is 6.03 Å². The third kappa shape index (κ3) is 5.04. The van der Waals surface area contributed by atoms with E-state index >= 15 is 0 Å². The van der Waals surface area contributed by atoms with Gasteiger partial charge in [-0.1, -0.05) is 30.3 Å². The monoisotopic (exact) mass is 425 g/mol. The fraction of sp³-hybridized carbons (Fsp3) is 0.391. The quantitative estimate of drug-likeness (QED) is 0.684. The van der Waals surface area contributed by atoms with Gasteiger partial charge in [0.2, 0.25) is 5.91 Å². The van der Waals surface area contributed by atoms with E-state index in [1.54, 1.807) is 17.0 Å². The Bertz CT molecular complexity index is 884. The number of rotatable bonds is 5. The number of aliphatic hydroxyl groups is 1. The lowest BCUT2D eigenvalue weighted by molar-refractivity contribution is -0.168. The second-order valence-electron chi connectivity index (χ2n) is 7.69. The second-order valence-corrected chi connectivity index (χ2v) is 7.69. The second kappa shape index (κ2) is 9.91. The molecule has 2 atom stereocenters. The van der Waals surface area contributed by atoms with Crippen LogP contribution in [-0.4, -0.2) is 60.5 Å². The van der Waals surface area contributed by atoms with Gasteiger partial charge in [0.25, 0.3) is 0 Å². The summed E-state index contributed by atoms with van der Waals surface area (Å²) in [6.07, 6.45) is 1.08. The van der Waals surface area contributed by atoms with Crippen molar-refractivity contribution < 1.29 is 24.2 Å². The Morgan fingerprint density at radius 1 is 1.00 bits per heavy atom. The van der Waals surface area contributed by atoms with Gasteiger partial charge in [-0.05, 0) is 42.7 Å². The lowest BCUT2D eigenvalue weighted by atomic mass is 9.95. The number of carbonyl (C=O) groups is 2. The molecule has 2 saturated heterocycles. The van der Waals surface area contributed by atoms with E-state index in [0.717, 1.165) is 18.4 Å². The highest BCUT2D eigenvalue weighted by molar-refractivity contribution is 5.99. The lowest BCUT2D eigenvalue weighted by Gasteiger charge is -2.45. The first-order chi connectivity index (χ1) is 15.2. The Balaban J connectivity index is 1.43. The number of amides is 3. The van der Waals surface area contributed by atoms with Crippen molar-refractivity contribution >= 4 is 23.3 Å². The molecule has 0 bridgehead atoms. The Hall–Kier alpha value is -2.94. The minimum Gasteiger partial charge on any atom is -0.394 e. The molecule has 3 amide bonds. The maximum atomic E-state index is 12.6. The predicted molar refractivity (Wildman–Crippen MR) is 116 cm³/mol. The first-order valence-corrected chi connectivity index (χ1v) is 10.5. The number of anilines is 2. The average molecular weight is 425 g/mol. The van der Waals surface area contributed by atoms with Crippen LogP contribution in [0.5, 0.6) is 0 Å². The van der Waals surface area contributed by atoms with E-state index in [9.17, 15) is 14.7 Å². The largest absolute Gasteiger partial charge is 0.394 e. The molecule has 2 aromatic rings. The third-order valence-corrected chi connectivity index (χ3v) is 5.68. The van der Waals surface area contributed by atoms with Crippen LogP contribution in [0.15, 0.2) is 54.6 Å². The van der Waals surface area contributed by atoms with Crippen molar-refractivity contribution in [3.63, 3.8) is 0 Å². The SMILES string of the molecule is O=C(Nc1ccccc1)Nc1ccc(C2OCC(=O)N(C3CCOCC3)C2CO)cc1. The zero-order chi connectivity index (χ0) is 21.6. The van der Waals surface area contributed by atoms with Crippen LogP contribution in [0, 0.1) is 0 Å². The minimum absolute atomic E-state index is 0.0159. The summed E-state index contributed by atoms with van der Waals surface area (Å²) in [4.78, 5) is 26.5. The average Bonchev–Trinajstić information content (AvgIpc) is 2.80. The summed E-state index contributed by atoms with van der Waals surface area (Å²) in [6, 6.07) is 15.7. The maximum Gasteiger partial charge on any atom is 0.323 e. The molecule has 2 aliphatic rings. The number of para-hydroxylation sites is 1. The van der Waals surface area contributed by atoms with Gasteiger partial charge in [-0.2, -0.15) is 0 Å². The van der Waals surface area contributed by atoms with Crippen molar-refractivity contribution in [3.8, 4) is 0 Å². The molecular formula is C23H27N3O5. The number of nitrogens with one attached hydrogen (secondary N) is 2. The van der Waals surface area contributed by atoms with Crippen LogP contribution in [0.25, 0.3) is 0 Å². The van der Waals surface area contributed by atoms with Crippen molar-refractivity contribution in [3.05, 3.63) is 60.2 Å². The van der Waals surface area contributed by atoms with Gasteiger partial charge in [-0.3, -0.25) is 4.79 Å². The van der Waals surface area contributed by atoms with Gasteiger partial charge in [0, 0.05) is 30.6 Å². The molecule has 0 saturated carbocycles. The zero-order valence-electron chi connectivity index (χ0n) is 17.2. The van der Waals surface area contributed by atoms with Crippen LogP contribution in [0.3, 0.4) is 0 Å². The van der Waals surface area contributed by atoms with E-state index in [1.165, 1.54) is 0 Å². The van der Waals surface area contributed by atoms with E-state index in [2.05, 4.69) is 10.6 Å². The Morgan fingerprint density at radius 2 is 1.65 bits per heavy atom. The molecule has 0 radical (unpaired) electrons. The number of urea groups is 1. The van der Waals surface area contributed by atoms with Gasteiger partial charge in [0.15, 0.2) is 0 Å². The fourth-order valence-corrected chi connectivity index (χ4v) is 4.19. The summed E-state index contributed by atoms with van der Waals surface area (Å²) >= 11 is 0. The topological polar surface area (TPSA) is 100 Å². The molecule has 8 heteroatoms. The highest BCUT2D eigenvalue weighted by Crippen LogP contribution is 2.33. The number of benzene rings is 2. The molecule has 2 fully saturated rings. The van der Waals surface area contributed by atoms with Crippen molar-refractivity contribution in [1.82, 2.24) is 4.90 Å². The number of nitrogens with zero attached hydrogens (tertiary/aromatic N) is 1. The molecule has 0 aliphatic carbocycles. The molecular weight excluding hydrogens is 398 g/mol.